The molecule has 0 bridgehead atoms. The lowest BCUT2D eigenvalue weighted by Crippen LogP contribution is -2.26. The lowest BCUT2D eigenvalue weighted by molar-refractivity contribution is 0.0696. The number of hydrogen-bond donors (Lipinski definition) is 1. The summed E-state index contributed by atoms with van der Waals surface area (Å²) in [7, 11) is 0. The van der Waals surface area contributed by atoms with Crippen LogP contribution in [0, 0.1) is 12.3 Å². The van der Waals surface area contributed by atoms with Crippen molar-refractivity contribution in [2.45, 2.75) is 13.3 Å². The van der Waals surface area contributed by atoms with E-state index in [2.05, 4.69) is 21.9 Å². The monoisotopic (exact) mass is 295 g/mol. The topological polar surface area (TPSA) is 40.5 Å². The van der Waals surface area contributed by atoms with E-state index in [9.17, 15) is 9.90 Å². The highest BCUT2D eigenvalue weighted by atomic mass is 79.9. The van der Waals surface area contributed by atoms with Crippen molar-refractivity contribution in [3.63, 3.8) is 0 Å². The molecule has 0 unspecified atom stereocenters. The highest BCUT2D eigenvalue weighted by Gasteiger charge is 2.17. The maximum absolute atomic E-state index is 11.2. The molecule has 0 fully saturated rings. The van der Waals surface area contributed by atoms with Gasteiger partial charge in [-0.2, -0.15) is 0 Å². The summed E-state index contributed by atoms with van der Waals surface area (Å²) < 4.78 is 0.570. The highest BCUT2D eigenvalue weighted by Crippen LogP contribution is 2.27. The van der Waals surface area contributed by atoms with Crippen LogP contribution in [-0.4, -0.2) is 24.2 Å². The fourth-order valence-corrected chi connectivity index (χ4v) is 2.18. The molecule has 0 aliphatic carbocycles. The summed E-state index contributed by atoms with van der Waals surface area (Å²) in [5.41, 5.74) is 0.919. The van der Waals surface area contributed by atoms with Crippen molar-refractivity contribution in [1.29, 1.82) is 0 Å². The van der Waals surface area contributed by atoms with Crippen LogP contribution in [-0.2, 0) is 0 Å². The quantitative estimate of drug-likeness (QED) is 0.849. The average molecular weight is 296 g/mol. The first-order valence-electron chi connectivity index (χ1n) is 5.32. The van der Waals surface area contributed by atoms with E-state index >= 15 is 0 Å². The predicted molar refractivity (Wildman–Crippen MR) is 72.4 cm³/mol. The second-order valence-corrected chi connectivity index (χ2v) is 4.42. The molecule has 1 aromatic rings. The fraction of sp³-hybridized carbons (Fsp3) is 0.308. The molecule has 0 atom stereocenters. The lowest BCUT2D eigenvalue weighted by Gasteiger charge is -2.23. The summed E-state index contributed by atoms with van der Waals surface area (Å²) in [6.07, 6.45) is 6.22. The zero-order valence-corrected chi connectivity index (χ0v) is 11.2. The van der Waals surface area contributed by atoms with Gasteiger partial charge in [0.1, 0.15) is 0 Å². The molecule has 0 aliphatic heterocycles. The van der Waals surface area contributed by atoms with Gasteiger partial charge >= 0.3 is 5.97 Å². The summed E-state index contributed by atoms with van der Waals surface area (Å²) in [6, 6.07) is 5.30. The Balaban J connectivity index is 3.23. The van der Waals surface area contributed by atoms with Crippen molar-refractivity contribution < 1.29 is 9.90 Å². The Kier molecular flexibility index (Phi) is 5.05. The third-order valence-electron chi connectivity index (χ3n) is 2.32. The van der Waals surface area contributed by atoms with Gasteiger partial charge in [0.15, 0.2) is 0 Å². The van der Waals surface area contributed by atoms with Gasteiger partial charge in [0.2, 0.25) is 0 Å². The minimum Gasteiger partial charge on any atom is -0.478 e. The number of carboxylic acids is 1. The van der Waals surface area contributed by atoms with Crippen LogP contribution in [0.2, 0.25) is 0 Å². The second kappa shape index (κ2) is 6.31. The van der Waals surface area contributed by atoms with Gasteiger partial charge < -0.3 is 10.0 Å². The molecule has 3 nitrogen and oxygen atoms in total. The number of anilines is 1. The van der Waals surface area contributed by atoms with Gasteiger partial charge in [-0.15, -0.1) is 6.42 Å². The van der Waals surface area contributed by atoms with Crippen LogP contribution in [0.1, 0.15) is 23.7 Å². The molecule has 0 saturated heterocycles. The summed E-state index contributed by atoms with van der Waals surface area (Å²) in [4.78, 5) is 13.1. The standard InChI is InChI=1S/C13H14BrNO2/c1-3-8-15(9-4-2)11-7-5-6-10(14)12(11)13(16)17/h1,5-7H,4,8-9H2,2H3,(H,16,17). The Bertz CT molecular complexity index is 451. The maximum atomic E-state index is 11.2. The normalized spacial score (nSPS) is 9.71. The van der Waals surface area contributed by atoms with Gasteiger partial charge in [0.25, 0.3) is 0 Å². The molecule has 1 aromatic carbocycles. The number of benzene rings is 1. The maximum Gasteiger partial charge on any atom is 0.338 e. The molecule has 90 valence electrons. The first-order chi connectivity index (χ1) is 8.11. The van der Waals surface area contributed by atoms with Gasteiger partial charge in [-0.25, -0.2) is 4.79 Å². The van der Waals surface area contributed by atoms with Crippen molar-refractivity contribution in [2.75, 3.05) is 18.0 Å². The van der Waals surface area contributed by atoms with E-state index in [-0.39, 0.29) is 5.56 Å². The minimum absolute atomic E-state index is 0.260. The Labute approximate surface area is 110 Å². The molecule has 4 heteroatoms. The lowest BCUT2D eigenvalue weighted by atomic mass is 10.1. The van der Waals surface area contributed by atoms with Gasteiger partial charge in [-0.1, -0.05) is 18.9 Å². The molecule has 0 saturated carbocycles. The number of carbonyl (C=O) groups is 1. The Morgan fingerprint density at radius 1 is 1.59 bits per heavy atom. The van der Waals surface area contributed by atoms with Crippen LogP contribution in [0.4, 0.5) is 5.69 Å². The van der Waals surface area contributed by atoms with Gasteiger partial charge in [-0.05, 0) is 34.5 Å². The number of halogens is 1. The molecule has 1 rings (SSSR count). The molecular formula is C13H14BrNO2. The average Bonchev–Trinajstić information content (AvgIpc) is 2.28. The number of aromatic carboxylic acids is 1. The van der Waals surface area contributed by atoms with Gasteiger partial charge in [0.05, 0.1) is 17.8 Å². The van der Waals surface area contributed by atoms with Crippen LogP contribution in [0.5, 0.6) is 0 Å². The predicted octanol–water partition coefficient (Wildman–Crippen LogP) is 3.00. The Morgan fingerprint density at radius 2 is 2.29 bits per heavy atom. The molecule has 0 radical (unpaired) electrons. The third-order valence-corrected chi connectivity index (χ3v) is 2.98. The van der Waals surface area contributed by atoms with Gasteiger partial charge in [0, 0.05) is 11.0 Å². The third kappa shape index (κ3) is 3.24. The summed E-state index contributed by atoms with van der Waals surface area (Å²) >= 11 is 3.26. The van der Waals surface area contributed by atoms with E-state index in [0.29, 0.717) is 16.7 Å². The van der Waals surface area contributed by atoms with Crippen molar-refractivity contribution in [3.8, 4) is 12.3 Å². The second-order valence-electron chi connectivity index (χ2n) is 3.56. The van der Waals surface area contributed by atoms with Crippen molar-refractivity contribution >= 4 is 27.6 Å². The zero-order chi connectivity index (χ0) is 12.8. The molecule has 0 amide bonds. The zero-order valence-electron chi connectivity index (χ0n) is 9.61. The van der Waals surface area contributed by atoms with E-state index in [4.69, 9.17) is 6.42 Å². The van der Waals surface area contributed by atoms with Crippen LogP contribution < -0.4 is 4.90 Å². The van der Waals surface area contributed by atoms with Crippen LogP contribution in [0.25, 0.3) is 0 Å². The van der Waals surface area contributed by atoms with Crippen molar-refractivity contribution in [2.24, 2.45) is 0 Å². The molecule has 0 aliphatic rings. The molecule has 1 N–H and O–H groups in total. The number of nitrogens with zero attached hydrogens (tertiary/aromatic N) is 1. The minimum atomic E-state index is -0.953. The molecule has 17 heavy (non-hydrogen) atoms. The van der Waals surface area contributed by atoms with E-state index in [1.807, 2.05) is 17.9 Å². The largest absolute Gasteiger partial charge is 0.478 e. The van der Waals surface area contributed by atoms with Crippen LogP contribution in [0.3, 0.4) is 0 Å². The number of rotatable bonds is 5. The van der Waals surface area contributed by atoms with Crippen LogP contribution >= 0.6 is 15.9 Å². The number of hydrogen-bond acceptors (Lipinski definition) is 2. The van der Waals surface area contributed by atoms with E-state index in [1.54, 1.807) is 12.1 Å². The molecular weight excluding hydrogens is 282 g/mol. The van der Waals surface area contributed by atoms with Crippen LogP contribution in [0.15, 0.2) is 22.7 Å². The highest BCUT2D eigenvalue weighted by molar-refractivity contribution is 9.10. The molecule has 0 spiro atoms. The van der Waals surface area contributed by atoms with Crippen molar-refractivity contribution in [1.82, 2.24) is 0 Å². The Hall–Kier alpha value is -1.47. The number of carboxylic acid groups (broad SMARTS) is 1. The van der Waals surface area contributed by atoms with Gasteiger partial charge in [-0.3, -0.25) is 0 Å². The van der Waals surface area contributed by atoms with E-state index in [0.717, 1.165) is 13.0 Å². The van der Waals surface area contributed by atoms with Crippen molar-refractivity contribution in [3.05, 3.63) is 28.2 Å². The SMILES string of the molecule is C#CCN(CCC)c1cccc(Br)c1C(=O)O. The Morgan fingerprint density at radius 3 is 2.82 bits per heavy atom. The number of terminal acetylenes is 1. The van der Waals surface area contributed by atoms with E-state index in [1.165, 1.54) is 0 Å². The smallest absolute Gasteiger partial charge is 0.338 e. The summed E-state index contributed by atoms with van der Waals surface area (Å²) in [6.45, 7) is 3.17. The molecule has 0 aromatic heterocycles. The fourth-order valence-electron chi connectivity index (χ4n) is 1.65. The van der Waals surface area contributed by atoms with E-state index < -0.39 is 5.97 Å². The summed E-state index contributed by atoms with van der Waals surface area (Å²) in [5.74, 6) is 1.60. The molecule has 0 heterocycles. The summed E-state index contributed by atoms with van der Waals surface area (Å²) in [5, 5.41) is 9.22. The first-order valence-corrected chi connectivity index (χ1v) is 6.11. The first kappa shape index (κ1) is 13.6.